The molecule has 1 aliphatic heterocycles. The van der Waals surface area contributed by atoms with E-state index in [2.05, 4.69) is 21.4 Å². The van der Waals surface area contributed by atoms with Crippen molar-refractivity contribution < 1.29 is 9.18 Å². The Kier molecular flexibility index (Phi) is 3.75. The predicted molar refractivity (Wildman–Crippen MR) is 70.0 cm³/mol. The van der Waals surface area contributed by atoms with Crippen molar-refractivity contribution in [3.05, 3.63) is 35.1 Å². The number of hydrogen-bond acceptors (Lipinski definition) is 4. The molecule has 0 radical (unpaired) electrons. The molecule has 0 saturated carbocycles. The average Bonchev–Trinajstić information content (AvgIpc) is 2.77. The number of nitrogens with one attached hydrogen (secondary N) is 1. The van der Waals surface area contributed by atoms with Gasteiger partial charge in [-0.25, -0.2) is 4.39 Å². The summed E-state index contributed by atoms with van der Waals surface area (Å²) in [5, 5.41) is 10.6. The number of amides is 1. The van der Waals surface area contributed by atoms with Gasteiger partial charge in [0.1, 0.15) is 5.82 Å². The fraction of sp³-hybridized carbons (Fsp3) is 0.0833. The van der Waals surface area contributed by atoms with Crippen molar-refractivity contribution in [3.63, 3.8) is 0 Å². The smallest absolute Gasteiger partial charge is 0.236 e. The molecule has 18 heavy (non-hydrogen) atoms. The van der Waals surface area contributed by atoms with Crippen LogP contribution in [0.15, 0.2) is 28.4 Å². The van der Waals surface area contributed by atoms with Gasteiger partial charge < -0.3 is 5.32 Å². The summed E-state index contributed by atoms with van der Waals surface area (Å²) in [5.41, 5.74) is 0.818. The lowest BCUT2D eigenvalue weighted by atomic mass is 10.1. The van der Waals surface area contributed by atoms with Gasteiger partial charge in [-0.2, -0.15) is 5.10 Å². The number of carbonyl (C=O) groups excluding carboxylic acids is 1. The van der Waals surface area contributed by atoms with Crippen LogP contribution in [0.1, 0.15) is 11.1 Å². The maximum absolute atomic E-state index is 13.1. The molecule has 1 aromatic rings. The van der Waals surface area contributed by atoms with Crippen molar-refractivity contribution in [1.82, 2.24) is 5.32 Å². The molecule has 90 valence electrons. The topological polar surface area (TPSA) is 53.8 Å². The second kappa shape index (κ2) is 5.47. The van der Waals surface area contributed by atoms with E-state index < -0.39 is 5.82 Å². The number of hydrogen-bond donors (Lipinski definition) is 1. The largest absolute Gasteiger partial charge is 0.303 e. The lowest BCUT2D eigenvalue weighted by Crippen LogP contribution is -2.19. The Morgan fingerprint density at radius 1 is 1.56 bits per heavy atom. The summed E-state index contributed by atoms with van der Waals surface area (Å²) in [6, 6.07) is 4.31. The van der Waals surface area contributed by atoms with Gasteiger partial charge in [0, 0.05) is 0 Å². The number of rotatable bonds is 2. The summed E-state index contributed by atoms with van der Waals surface area (Å²) in [4.78, 5) is 10.9. The molecular formula is C12H8FN3OS. The fourth-order valence-electron chi connectivity index (χ4n) is 1.26. The molecule has 4 nitrogen and oxygen atoms in total. The fourth-order valence-corrected chi connectivity index (χ4v) is 1.89. The van der Waals surface area contributed by atoms with Crippen LogP contribution < -0.4 is 5.32 Å². The maximum atomic E-state index is 13.1. The monoisotopic (exact) mass is 261 g/mol. The van der Waals surface area contributed by atoms with Gasteiger partial charge in [0.05, 0.1) is 17.5 Å². The molecule has 0 spiro atoms. The highest BCUT2D eigenvalue weighted by molar-refractivity contribution is 8.15. The molecule has 0 aromatic heterocycles. The van der Waals surface area contributed by atoms with Gasteiger partial charge in [0.15, 0.2) is 5.17 Å². The third-order valence-corrected chi connectivity index (χ3v) is 2.95. The van der Waals surface area contributed by atoms with Gasteiger partial charge >= 0.3 is 0 Å². The third kappa shape index (κ3) is 2.96. The third-order valence-electron chi connectivity index (χ3n) is 2.09. The molecule has 2 rings (SSSR count). The average molecular weight is 261 g/mol. The zero-order valence-corrected chi connectivity index (χ0v) is 10.00. The van der Waals surface area contributed by atoms with Crippen molar-refractivity contribution in [2.24, 2.45) is 10.2 Å². The van der Waals surface area contributed by atoms with Crippen LogP contribution in [-0.4, -0.2) is 23.0 Å². The Balaban J connectivity index is 2.10. The molecule has 0 unspecified atom stereocenters. The highest BCUT2D eigenvalue weighted by atomic mass is 32.2. The molecule has 6 heteroatoms. The number of nitrogens with zero attached hydrogens (tertiary/aromatic N) is 2. The Morgan fingerprint density at radius 2 is 2.39 bits per heavy atom. The number of carbonyl (C=O) groups is 1. The summed E-state index contributed by atoms with van der Waals surface area (Å²) in [6.45, 7) is 0. The van der Waals surface area contributed by atoms with E-state index in [0.717, 1.165) is 0 Å². The molecule has 0 atom stereocenters. The van der Waals surface area contributed by atoms with E-state index in [4.69, 9.17) is 6.42 Å². The minimum absolute atomic E-state index is 0.0923. The van der Waals surface area contributed by atoms with Gasteiger partial charge in [0.25, 0.3) is 0 Å². The molecule has 1 heterocycles. The lowest BCUT2D eigenvalue weighted by Gasteiger charge is -1.96. The van der Waals surface area contributed by atoms with E-state index in [1.54, 1.807) is 6.07 Å². The second-order valence-corrected chi connectivity index (χ2v) is 4.33. The molecule has 1 amide bonds. The van der Waals surface area contributed by atoms with Gasteiger partial charge in [0.2, 0.25) is 5.91 Å². The quantitative estimate of drug-likeness (QED) is 0.496. The van der Waals surface area contributed by atoms with Gasteiger partial charge in [-0.1, -0.05) is 23.7 Å². The van der Waals surface area contributed by atoms with Crippen LogP contribution in [0.4, 0.5) is 4.39 Å². The van der Waals surface area contributed by atoms with Gasteiger partial charge in [-0.15, -0.1) is 11.5 Å². The molecule has 1 aromatic carbocycles. The Morgan fingerprint density at radius 3 is 3.06 bits per heavy atom. The SMILES string of the molecule is C#Cc1cc(C=NN=C2NC(=O)CS2)ccc1F. The van der Waals surface area contributed by atoms with Crippen molar-refractivity contribution in [3.8, 4) is 12.3 Å². The molecule has 1 fully saturated rings. The normalized spacial score (nSPS) is 17.1. The first-order valence-corrected chi connectivity index (χ1v) is 5.97. The molecular weight excluding hydrogens is 253 g/mol. The summed E-state index contributed by atoms with van der Waals surface area (Å²) in [5.74, 6) is 2.06. The second-order valence-electron chi connectivity index (χ2n) is 3.37. The minimum Gasteiger partial charge on any atom is -0.303 e. The van der Waals surface area contributed by atoms with E-state index in [-0.39, 0.29) is 11.5 Å². The zero-order chi connectivity index (χ0) is 13.0. The first kappa shape index (κ1) is 12.3. The van der Waals surface area contributed by atoms with Crippen molar-refractivity contribution in [2.75, 3.05) is 5.75 Å². The first-order valence-electron chi connectivity index (χ1n) is 4.99. The molecule has 0 aliphatic carbocycles. The van der Waals surface area contributed by atoms with E-state index in [0.29, 0.717) is 16.5 Å². The van der Waals surface area contributed by atoms with E-state index in [1.807, 2.05) is 0 Å². The van der Waals surface area contributed by atoms with Crippen molar-refractivity contribution in [1.29, 1.82) is 0 Å². The van der Waals surface area contributed by atoms with Crippen LogP contribution in [-0.2, 0) is 4.79 Å². The molecule has 1 saturated heterocycles. The van der Waals surface area contributed by atoms with Gasteiger partial charge in [-0.05, 0) is 17.7 Å². The summed E-state index contributed by atoms with van der Waals surface area (Å²) < 4.78 is 13.1. The van der Waals surface area contributed by atoms with Crippen LogP contribution in [0.2, 0.25) is 0 Å². The number of halogens is 1. The minimum atomic E-state index is -0.445. The zero-order valence-electron chi connectivity index (χ0n) is 9.18. The summed E-state index contributed by atoms with van der Waals surface area (Å²) >= 11 is 1.28. The lowest BCUT2D eigenvalue weighted by molar-refractivity contribution is -0.116. The number of benzene rings is 1. The number of terminal acetylenes is 1. The Labute approximate surface area is 107 Å². The molecule has 0 bridgehead atoms. The van der Waals surface area contributed by atoms with E-state index in [9.17, 15) is 9.18 Å². The standard InChI is InChI=1S/C12H8FN3OS/c1-2-9-5-8(3-4-10(9)13)6-14-16-12-15-11(17)7-18-12/h1,3-6H,7H2,(H,15,16,17). The summed E-state index contributed by atoms with van der Waals surface area (Å²) in [7, 11) is 0. The van der Waals surface area contributed by atoms with E-state index in [1.165, 1.54) is 30.1 Å². The van der Waals surface area contributed by atoms with Gasteiger partial charge in [-0.3, -0.25) is 4.79 Å². The van der Waals surface area contributed by atoms with E-state index >= 15 is 0 Å². The number of amidine groups is 1. The van der Waals surface area contributed by atoms with Crippen molar-refractivity contribution in [2.45, 2.75) is 0 Å². The Hall–Kier alpha value is -2.13. The van der Waals surface area contributed by atoms with Crippen LogP contribution >= 0.6 is 11.8 Å². The summed E-state index contributed by atoms with van der Waals surface area (Å²) in [6.07, 6.45) is 6.59. The highest BCUT2D eigenvalue weighted by Gasteiger charge is 2.15. The Bertz CT molecular complexity index is 589. The van der Waals surface area contributed by atoms with Crippen molar-refractivity contribution >= 4 is 29.1 Å². The first-order chi connectivity index (χ1) is 8.69. The molecule has 1 N–H and O–H groups in total. The maximum Gasteiger partial charge on any atom is 0.236 e. The van der Waals surface area contributed by atoms with Crippen LogP contribution in [0.3, 0.4) is 0 Å². The predicted octanol–water partition coefficient (Wildman–Crippen LogP) is 1.36. The van der Waals surface area contributed by atoms with Crippen LogP contribution in [0.5, 0.6) is 0 Å². The number of thioether (sulfide) groups is 1. The van der Waals surface area contributed by atoms with Crippen LogP contribution in [0.25, 0.3) is 0 Å². The molecule has 1 aliphatic rings. The van der Waals surface area contributed by atoms with Crippen LogP contribution in [0, 0.1) is 18.2 Å². The highest BCUT2D eigenvalue weighted by Crippen LogP contribution is 2.10.